The minimum Gasteiger partial charge on any atom is -0.478 e. The summed E-state index contributed by atoms with van der Waals surface area (Å²) in [5, 5.41) is 14.8. The molecule has 4 aromatic carbocycles. The number of rotatable bonds is 8. The molecular formula is C31H28N2O3. The van der Waals surface area contributed by atoms with Gasteiger partial charge >= 0.3 is 5.97 Å². The molecule has 0 aliphatic rings. The van der Waals surface area contributed by atoms with E-state index in [4.69, 9.17) is 6.57 Å². The van der Waals surface area contributed by atoms with E-state index in [1.54, 1.807) is 42.5 Å². The van der Waals surface area contributed by atoms with Gasteiger partial charge in [0.1, 0.15) is 0 Å². The number of amides is 1. The number of benzene rings is 4. The van der Waals surface area contributed by atoms with E-state index in [1.165, 1.54) is 0 Å². The van der Waals surface area contributed by atoms with E-state index >= 15 is 0 Å². The summed E-state index contributed by atoms with van der Waals surface area (Å²) in [5.41, 5.74) is 3.53. The lowest BCUT2D eigenvalue weighted by Crippen LogP contribution is -2.23. The minimum absolute atomic E-state index is 0.144. The Bertz CT molecular complexity index is 1460. The highest BCUT2D eigenvalue weighted by Gasteiger charge is 2.25. The Labute approximate surface area is 211 Å². The van der Waals surface area contributed by atoms with E-state index in [0.29, 0.717) is 29.8 Å². The summed E-state index contributed by atoms with van der Waals surface area (Å²) < 4.78 is 0. The van der Waals surface area contributed by atoms with Gasteiger partial charge in [-0.2, -0.15) is 0 Å². The Morgan fingerprint density at radius 1 is 0.917 bits per heavy atom. The minimum atomic E-state index is -0.998. The van der Waals surface area contributed by atoms with Gasteiger partial charge in [0, 0.05) is 12.1 Å². The van der Waals surface area contributed by atoms with E-state index in [1.807, 2.05) is 42.5 Å². The van der Waals surface area contributed by atoms with Gasteiger partial charge < -0.3 is 10.4 Å². The molecular weight excluding hydrogens is 448 g/mol. The second kappa shape index (κ2) is 10.9. The quantitative estimate of drug-likeness (QED) is 0.260. The zero-order valence-electron chi connectivity index (χ0n) is 20.4. The molecule has 0 aliphatic heterocycles. The summed E-state index contributed by atoms with van der Waals surface area (Å²) in [5.74, 6) is -1.24. The van der Waals surface area contributed by atoms with Crippen LogP contribution in [0.2, 0.25) is 0 Å². The summed E-state index contributed by atoms with van der Waals surface area (Å²) in [4.78, 5) is 29.0. The topological polar surface area (TPSA) is 70.8 Å². The van der Waals surface area contributed by atoms with Gasteiger partial charge in [-0.05, 0) is 51.9 Å². The largest absolute Gasteiger partial charge is 0.478 e. The molecule has 0 aliphatic carbocycles. The molecule has 1 amide bonds. The molecule has 5 heteroatoms. The van der Waals surface area contributed by atoms with Crippen LogP contribution in [0.15, 0.2) is 84.9 Å². The van der Waals surface area contributed by atoms with Gasteiger partial charge in [0.15, 0.2) is 5.69 Å². The van der Waals surface area contributed by atoms with Crippen LogP contribution in [0.3, 0.4) is 0 Å². The van der Waals surface area contributed by atoms with Crippen LogP contribution in [0, 0.1) is 12.5 Å². The Morgan fingerprint density at radius 3 is 2.39 bits per heavy atom. The predicted molar refractivity (Wildman–Crippen MR) is 144 cm³/mol. The highest BCUT2D eigenvalue weighted by Crippen LogP contribution is 2.33. The van der Waals surface area contributed by atoms with Crippen molar-refractivity contribution in [2.75, 3.05) is 5.32 Å². The number of nitrogens with one attached hydrogen (secondary N) is 1. The van der Waals surface area contributed by atoms with Crippen molar-refractivity contribution in [1.82, 2.24) is 0 Å². The van der Waals surface area contributed by atoms with E-state index < -0.39 is 5.97 Å². The average molecular weight is 477 g/mol. The second-order valence-electron chi connectivity index (χ2n) is 9.33. The Balaban J connectivity index is 1.73. The van der Waals surface area contributed by atoms with E-state index in [0.717, 1.165) is 21.9 Å². The van der Waals surface area contributed by atoms with Crippen LogP contribution < -0.4 is 5.32 Å². The first-order chi connectivity index (χ1) is 17.4. The van der Waals surface area contributed by atoms with E-state index in [2.05, 4.69) is 24.0 Å². The fraction of sp³-hybridized carbons (Fsp3) is 0.194. The molecule has 1 unspecified atom stereocenters. The molecule has 0 aromatic heterocycles. The lowest BCUT2D eigenvalue weighted by Gasteiger charge is -2.22. The lowest BCUT2D eigenvalue weighted by atomic mass is 9.86. The maximum Gasteiger partial charge on any atom is 0.335 e. The van der Waals surface area contributed by atoms with Crippen molar-refractivity contribution in [2.45, 2.75) is 32.6 Å². The maximum absolute atomic E-state index is 13.8. The van der Waals surface area contributed by atoms with Crippen LogP contribution in [-0.4, -0.2) is 17.0 Å². The number of carboxylic acid groups (broad SMARTS) is 1. The number of carboxylic acids is 1. The summed E-state index contributed by atoms with van der Waals surface area (Å²) in [7, 11) is 0. The lowest BCUT2D eigenvalue weighted by molar-refractivity contribution is -0.117. The van der Waals surface area contributed by atoms with Crippen molar-refractivity contribution in [3.63, 3.8) is 0 Å². The third kappa shape index (κ3) is 5.45. The third-order valence-electron chi connectivity index (χ3n) is 6.33. The summed E-state index contributed by atoms with van der Waals surface area (Å²) in [6.07, 6.45) is 0.985. The number of hydrogen-bond acceptors (Lipinski definition) is 2. The van der Waals surface area contributed by atoms with Crippen LogP contribution in [0.25, 0.3) is 15.6 Å². The van der Waals surface area contributed by atoms with Crippen molar-refractivity contribution in [3.8, 4) is 0 Å². The number of hydrogen-bond donors (Lipinski definition) is 2. The molecule has 2 N–H and O–H groups in total. The monoisotopic (exact) mass is 476 g/mol. The molecule has 0 radical (unpaired) electrons. The Hall–Kier alpha value is -4.43. The zero-order chi connectivity index (χ0) is 25.7. The molecule has 0 spiro atoms. The third-order valence-corrected chi connectivity index (χ3v) is 6.33. The van der Waals surface area contributed by atoms with Gasteiger partial charge in [-0.3, -0.25) is 4.79 Å². The Kier molecular flexibility index (Phi) is 7.46. The molecule has 0 saturated heterocycles. The summed E-state index contributed by atoms with van der Waals surface area (Å²) in [6.45, 7) is 11.6. The molecule has 180 valence electrons. The van der Waals surface area contributed by atoms with Crippen molar-refractivity contribution in [2.24, 2.45) is 5.92 Å². The Morgan fingerprint density at radius 2 is 1.64 bits per heavy atom. The van der Waals surface area contributed by atoms with Gasteiger partial charge in [-0.25, -0.2) is 9.64 Å². The van der Waals surface area contributed by atoms with Crippen LogP contribution in [-0.2, 0) is 11.2 Å². The van der Waals surface area contributed by atoms with Crippen molar-refractivity contribution in [3.05, 3.63) is 119 Å². The smallest absolute Gasteiger partial charge is 0.335 e. The first-order valence-electron chi connectivity index (χ1n) is 12.0. The standard InChI is InChI=1S/C31H28N2O3/c1-20(2)17-28(27-14-8-11-21-9-4-6-12-25(21)27)30(34)33-29-19-24(32-3)16-15-23(29)18-22-10-5-7-13-26(22)31(35)36/h4-16,19-20,28H,17-18H2,1-2H3,(H,33,34)(H,35,36). The van der Waals surface area contributed by atoms with E-state index in [9.17, 15) is 14.7 Å². The van der Waals surface area contributed by atoms with Gasteiger partial charge in [0.2, 0.25) is 5.91 Å². The molecule has 36 heavy (non-hydrogen) atoms. The molecule has 0 heterocycles. The number of carbonyl (C=O) groups excluding carboxylic acids is 1. The van der Waals surface area contributed by atoms with Gasteiger partial charge in [0.25, 0.3) is 0 Å². The number of anilines is 1. The average Bonchev–Trinajstić information content (AvgIpc) is 2.88. The van der Waals surface area contributed by atoms with Crippen LogP contribution >= 0.6 is 0 Å². The normalized spacial score (nSPS) is 11.7. The number of nitrogens with zero attached hydrogens (tertiary/aromatic N) is 1. The number of fused-ring (bicyclic) bond motifs is 1. The number of aromatic carboxylic acids is 1. The molecule has 0 fully saturated rings. The van der Waals surface area contributed by atoms with Gasteiger partial charge in [-0.1, -0.05) is 86.6 Å². The SMILES string of the molecule is [C-]#[N+]c1ccc(Cc2ccccc2C(=O)O)c(NC(=O)C(CC(C)C)c2cccc3ccccc23)c1. The van der Waals surface area contributed by atoms with Crippen LogP contribution in [0.4, 0.5) is 11.4 Å². The molecule has 4 aromatic rings. The summed E-state index contributed by atoms with van der Waals surface area (Å²) in [6, 6.07) is 26.1. The predicted octanol–water partition coefficient (Wildman–Crippen LogP) is 7.45. The van der Waals surface area contributed by atoms with Crippen molar-refractivity contribution >= 4 is 34.0 Å². The first-order valence-corrected chi connectivity index (χ1v) is 12.0. The zero-order valence-corrected chi connectivity index (χ0v) is 20.4. The number of carbonyl (C=O) groups is 2. The van der Waals surface area contributed by atoms with Gasteiger partial charge in [0.05, 0.1) is 18.1 Å². The van der Waals surface area contributed by atoms with Crippen LogP contribution in [0.5, 0.6) is 0 Å². The van der Waals surface area contributed by atoms with Crippen LogP contribution in [0.1, 0.15) is 53.2 Å². The summed E-state index contributed by atoms with van der Waals surface area (Å²) >= 11 is 0. The van der Waals surface area contributed by atoms with Gasteiger partial charge in [-0.15, -0.1) is 0 Å². The highest BCUT2D eigenvalue weighted by atomic mass is 16.4. The fourth-order valence-electron chi connectivity index (χ4n) is 4.61. The van der Waals surface area contributed by atoms with E-state index in [-0.39, 0.29) is 23.3 Å². The van der Waals surface area contributed by atoms with Crippen molar-refractivity contribution in [1.29, 1.82) is 0 Å². The molecule has 1 atom stereocenters. The fourth-order valence-corrected chi connectivity index (χ4v) is 4.61. The first kappa shape index (κ1) is 24.7. The van der Waals surface area contributed by atoms with Crippen molar-refractivity contribution < 1.29 is 14.7 Å². The maximum atomic E-state index is 13.8. The molecule has 0 saturated carbocycles. The molecule has 0 bridgehead atoms. The molecule has 4 rings (SSSR count). The highest BCUT2D eigenvalue weighted by molar-refractivity contribution is 6.00. The molecule has 5 nitrogen and oxygen atoms in total. The second-order valence-corrected chi connectivity index (χ2v) is 9.33.